The normalized spacial score (nSPS) is 12.8. The SMILES string of the molecule is CN(C)C(=O)O[C@@](C)(COc1ccc(Cl)c(F)c1)C(=O)Nc1ccc(C#N)c(C(F)(F)F)c1. The Bertz CT molecular complexity index is 1100. The summed E-state index contributed by atoms with van der Waals surface area (Å²) in [5, 5.41) is 11.0. The third-order valence-electron chi connectivity index (χ3n) is 4.27. The Balaban J connectivity index is 2.32. The molecule has 2 rings (SSSR count). The molecule has 0 fully saturated rings. The molecule has 0 aliphatic rings. The molecule has 2 aromatic rings. The van der Waals surface area contributed by atoms with Gasteiger partial charge in [0, 0.05) is 25.8 Å². The predicted octanol–water partition coefficient (Wildman–Crippen LogP) is 4.84. The van der Waals surface area contributed by atoms with Crippen LogP contribution in [0.4, 0.5) is 28.0 Å². The van der Waals surface area contributed by atoms with Crippen molar-refractivity contribution in [3.05, 3.63) is 58.4 Å². The third kappa shape index (κ3) is 6.49. The number of alkyl halides is 3. The monoisotopic (exact) mass is 487 g/mol. The molecule has 0 aliphatic carbocycles. The van der Waals surface area contributed by atoms with Crippen LogP contribution in [-0.4, -0.2) is 43.2 Å². The van der Waals surface area contributed by atoms with Crippen LogP contribution in [-0.2, 0) is 15.7 Å². The van der Waals surface area contributed by atoms with Crippen molar-refractivity contribution in [2.24, 2.45) is 0 Å². The molecule has 0 unspecified atom stereocenters. The maximum Gasteiger partial charge on any atom is 0.417 e. The second-order valence-corrected chi connectivity index (χ2v) is 7.59. The van der Waals surface area contributed by atoms with E-state index in [1.165, 1.54) is 39.2 Å². The van der Waals surface area contributed by atoms with Gasteiger partial charge < -0.3 is 19.7 Å². The Morgan fingerprint density at radius 3 is 2.39 bits per heavy atom. The first-order valence-corrected chi connectivity index (χ1v) is 9.55. The largest absolute Gasteiger partial charge is 0.489 e. The summed E-state index contributed by atoms with van der Waals surface area (Å²) in [7, 11) is 2.71. The number of amides is 2. The van der Waals surface area contributed by atoms with Crippen LogP contribution >= 0.6 is 11.6 Å². The van der Waals surface area contributed by atoms with Gasteiger partial charge in [0.2, 0.25) is 5.60 Å². The molecule has 0 aromatic heterocycles. The van der Waals surface area contributed by atoms with Gasteiger partial charge in [-0.25, -0.2) is 9.18 Å². The number of nitrogens with one attached hydrogen (secondary N) is 1. The molecule has 1 atom stereocenters. The Labute approximate surface area is 191 Å². The molecule has 0 bridgehead atoms. The number of carbonyl (C=O) groups is 2. The summed E-state index contributed by atoms with van der Waals surface area (Å²) in [5.41, 5.74) is -4.21. The quantitative estimate of drug-likeness (QED) is 0.588. The topological polar surface area (TPSA) is 91.7 Å². The van der Waals surface area contributed by atoms with E-state index in [9.17, 15) is 27.2 Å². The van der Waals surface area contributed by atoms with Crippen LogP contribution in [0.3, 0.4) is 0 Å². The molecule has 2 amide bonds. The molecule has 0 heterocycles. The molecule has 2 aromatic carbocycles. The summed E-state index contributed by atoms with van der Waals surface area (Å²) >= 11 is 5.61. The molecule has 0 spiro atoms. The number of hydrogen-bond acceptors (Lipinski definition) is 5. The zero-order chi connectivity index (χ0) is 25.0. The third-order valence-corrected chi connectivity index (χ3v) is 4.57. The molecule has 176 valence electrons. The highest BCUT2D eigenvalue weighted by molar-refractivity contribution is 6.30. The summed E-state index contributed by atoms with van der Waals surface area (Å²) in [6.07, 6.45) is -5.77. The molecule has 7 nitrogen and oxygen atoms in total. The van der Waals surface area contributed by atoms with Crippen LogP contribution in [0.25, 0.3) is 0 Å². The average molecular weight is 488 g/mol. The summed E-state index contributed by atoms with van der Waals surface area (Å²) in [6, 6.07) is 7.48. The molecule has 33 heavy (non-hydrogen) atoms. The van der Waals surface area contributed by atoms with Crippen LogP contribution < -0.4 is 10.1 Å². The lowest BCUT2D eigenvalue weighted by atomic mass is 10.0. The summed E-state index contributed by atoms with van der Waals surface area (Å²) in [4.78, 5) is 26.0. The van der Waals surface area contributed by atoms with E-state index in [-0.39, 0.29) is 16.5 Å². The van der Waals surface area contributed by atoms with Gasteiger partial charge in [0.1, 0.15) is 18.2 Å². The van der Waals surface area contributed by atoms with Crippen molar-refractivity contribution in [1.29, 1.82) is 5.26 Å². The molecular formula is C21H18ClF4N3O4. The van der Waals surface area contributed by atoms with Gasteiger partial charge in [0.15, 0.2) is 0 Å². The van der Waals surface area contributed by atoms with E-state index in [2.05, 4.69) is 5.32 Å². The van der Waals surface area contributed by atoms with Gasteiger partial charge in [-0.15, -0.1) is 0 Å². The summed E-state index contributed by atoms with van der Waals surface area (Å²) in [6.45, 7) is 0.562. The van der Waals surface area contributed by atoms with E-state index < -0.39 is 47.3 Å². The maximum atomic E-state index is 13.7. The minimum absolute atomic E-state index is 0.0328. The van der Waals surface area contributed by atoms with Crippen LogP contribution in [0.1, 0.15) is 18.1 Å². The first-order chi connectivity index (χ1) is 15.3. The van der Waals surface area contributed by atoms with Gasteiger partial charge >= 0.3 is 12.3 Å². The predicted molar refractivity (Wildman–Crippen MR) is 110 cm³/mol. The standard InChI is InChI=1S/C21H18ClF4N3O4/c1-20(33-19(31)29(2)3,11-32-14-6-7-16(22)17(23)9-14)18(30)28-13-5-4-12(10-27)15(8-13)21(24,25)26/h4-9H,11H2,1-3H3,(H,28,30)/t20-/m0/s1. The average Bonchev–Trinajstić information content (AvgIpc) is 2.73. The minimum Gasteiger partial charge on any atom is -0.489 e. The fourth-order valence-electron chi connectivity index (χ4n) is 2.43. The van der Waals surface area contributed by atoms with E-state index in [1.54, 1.807) is 0 Å². The van der Waals surface area contributed by atoms with E-state index >= 15 is 0 Å². The fraction of sp³-hybridized carbons (Fsp3) is 0.286. The lowest BCUT2D eigenvalue weighted by molar-refractivity contribution is -0.138. The molecular weight excluding hydrogens is 470 g/mol. The molecule has 0 saturated carbocycles. The lowest BCUT2D eigenvalue weighted by Gasteiger charge is -2.29. The van der Waals surface area contributed by atoms with Crippen LogP contribution in [0, 0.1) is 17.1 Å². The van der Waals surface area contributed by atoms with Crippen molar-refractivity contribution < 1.29 is 36.6 Å². The van der Waals surface area contributed by atoms with E-state index in [4.69, 9.17) is 26.3 Å². The first-order valence-electron chi connectivity index (χ1n) is 9.18. The smallest absolute Gasteiger partial charge is 0.417 e. The van der Waals surface area contributed by atoms with Gasteiger partial charge in [-0.2, -0.15) is 18.4 Å². The number of nitrogens with zero attached hydrogens (tertiary/aromatic N) is 2. The first kappa shape index (κ1) is 25.7. The van der Waals surface area contributed by atoms with Gasteiger partial charge in [0.25, 0.3) is 5.91 Å². The number of rotatable bonds is 6. The van der Waals surface area contributed by atoms with Crippen molar-refractivity contribution in [1.82, 2.24) is 4.90 Å². The van der Waals surface area contributed by atoms with Gasteiger partial charge in [-0.3, -0.25) is 4.79 Å². The highest BCUT2D eigenvalue weighted by atomic mass is 35.5. The van der Waals surface area contributed by atoms with Crippen molar-refractivity contribution in [3.63, 3.8) is 0 Å². The molecule has 0 radical (unpaired) electrons. The fourth-order valence-corrected chi connectivity index (χ4v) is 2.55. The number of anilines is 1. The highest BCUT2D eigenvalue weighted by Crippen LogP contribution is 2.34. The second kappa shape index (κ2) is 9.95. The van der Waals surface area contributed by atoms with Crippen LogP contribution in [0.2, 0.25) is 5.02 Å². The molecule has 0 aliphatic heterocycles. The van der Waals surface area contributed by atoms with Crippen LogP contribution in [0.15, 0.2) is 36.4 Å². The van der Waals surface area contributed by atoms with Crippen molar-refractivity contribution in [2.75, 3.05) is 26.0 Å². The van der Waals surface area contributed by atoms with Crippen molar-refractivity contribution >= 4 is 29.3 Å². The summed E-state index contributed by atoms with van der Waals surface area (Å²) in [5.74, 6) is -1.85. The lowest BCUT2D eigenvalue weighted by Crippen LogP contribution is -2.50. The summed E-state index contributed by atoms with van der Waals surface area (Å²) < 4.78 is 63.9. The Morgan fingerprint density at radius 1 is 1.18 bits per heavy atom. The van der Waals surface area contributed by atoms with E-state index in [0.29, 0.717) is 6.07 Å². The molecule has 1 N–H and O–H groups in total. The zero-order valence-electron chi connectivity index (χ0n) is 17.6. The number of hydrogen-bond donors (Lipinski definition) is 1. The van der Waals surface area contributed by atoms with Gasteiger partial charge in [0.05, 0.1) is 22.2 Å². The Kier molecular flexibility index (Phi) is 7.76. The molecule has 0 saturated heterocycles. The van der Waals surface area contributed by atoms with Crippen molar-refractivity contribution in [2.45, 2.75) is 18.7 Å². The number of nitriles is 1. The second-order valence-electron chi connectivity index (χ2n) is 7.18. The zero-order valence-corrected chi connectivity index (χ0v) is 18.3. The number of halogens is 5. The minimum atomic E-state index is -4.84. The van der Waals surface area contributed by atoms with Crippen LogP contribution in [0.5, 0.6) is 5.75 Å². The maximum absolute atomic E-state index is 13.7. The van der Waals surface area contributed by atoms with E-state index in [1.807, 2.05) is 0 Å². The van der Waals surface area contributed by atoms with E-state index in [0.717, 1.165) is 23.1 Å². The number of carbonyl (C=O) groups excluding carboxylic acids is 2. The molecule has 12 heteroatoms. The van der Waals surface area contributed by atoms with Gasteiger partial charge in [-0.1, -0.05) is 11.6 Å². The van der Waals surface area contributed by atoms with Crippen molar-refractivity contribution in [3.8, 4) is 11.8 Å². The van der Waals surface area contributed by atoms with Gasteiger partial charge in [-0.05, 0) is 37.3 Å². The number of ether oxygens (including phenoxy) is 2. The number of benzene rings is 2. The Morgan fingerprint density at radius 2 is 1.85 bits per heavy atom. The highest BCUT2D eigenvalue weighted by Gasteiger charge is 2.40. The Hall–Kier alpha value is -3.52.